The Morgan fingerprint density at radius 2 is 1.94 bits per heavy atom. The Morgan fingerprint density at radius 3 is 2.53 bits per heavy atom. The molecule has 0 radical (unpaired) electrons. The highest BCUT2D eigenvalue weighted by Crippen LogP contribution is 2.02. The van der Waals surface area contributed by atoms with Gasteiger partial charge in [0.1, 0.15) is 0 Å². The molecule has 0 N–H and O–H groups in total. The maximum atomic E-state index is 11.2. The van der Waals surface area contributed by atoms with E-state index in [-0.39, 0.29) is 18.4 Å². The normalized spacial score (nSPS) is 13.8. The number of imide groups is 1. The number of nitrogens with zero attached hydrogens (tertiary/aromatic N) is 2. The van der Waals surface area contributed by atoms with Crippen molar-refractivity contribution in [3.8, 4) is 11.8 Å². The van der Waals surface area contributed by atoms with E-state index < -0.39 is 0 Å². The maximum absolute atomic E-state index is 11.2. The summed E-state index contributed by atoms with van der Waals surface area (Å²) in [7, 11) is 0. The monoisotopic (exact) mass is 226 g/mol. The predicted octanol–water partition coefficient (Wildman–Crippen LogP) is 0.667. The second-order valence-corrected chi connectivity index (χ2v) is 3.59. The molecule has 0 atom stereocenters. The summed E-state index contributed by atoms with van der Waals surface area (Å²) in [6.45, 7) is 2.00. The van der Waals surface area contributed by atoms with Gasteiger partial charge in [0.15, 0.2) is 0 Å². The van der Waals surface area contributed by atoms with Crippen LogP contribution >= 0.6 is 0 Å². The SMILES string of the molecule is Cc1ccc(C#CCN2C(=O)C=CC2=O)cn1. The molecule has 4 heteroatoms. The lowest BCUT2D eigenvalue weighted by Crippen LogP contribution is -2.30. The largest absolute Gasteiger partial charge is 0.269 e. The molecule has 84 valence electrons. The molecule has 1 aliphatic rings. The van der Waals surface area contributed by atoms with E-state index in [0.717, 1.165) is 16.2 Å². The average Bonchev–Trinajstić information content (AvgIpc) is 2.63. The maximum Gasteiger partial charge on any atom is 0.254 e. The second-order valence-electron chi connectivity index (χ2n) is 3.59. The van der Waals surface area contributed by atoms with Crippen molar-refractivity contribution in [1.29, 1.82) is 0 Å². The number of carbonyl (C=O) groups excluding carboxylic acids is 2. The molecule has 2 rings (SSSR count). The summed E-state index contributed by atoms with van der Waals surface area (Å²) in [5, 5.41) is 0. The van der Waals surface area contributed by atoms with Gasteiger partial charge in [-0.2, -0.15) is 0 Å². The fourth-order valence-corrected chi connectivity index (χ4v) is 1.35. The molecule has 0 fully saturated rings. The Morgan fingerprint density at radius 1 is 1.24 bits per heavy atom. The Bertz CT molecular complexity index is 529. The van der Waals surface area contributed by atoms with Gasteiger partial charge in [0.05, 0.1) is 6.54 Å². The van der Waals surface area contributed by atoms with Crippen LogP contribution in [-0.2, 0) is 9.59 Å². The smallest absolute Gasteiger partial charge is 0.254 e. The zero-order chi connectivity index (χ0) is 12.3. The molecule has 0 saturated carbocycles. The molecule has 0 unspecified atom stereocenters. The lowest BCUT2D eigenvalue weighted by atomic mass is 10.2. The first-order chi connectivity index (χ1) is 8.16. The van der Waals surface area contributed by atoms with Crippen LogP contribution in [0.1, 0.15) is 11.3 Å². The van der Waals surface area contributed by atoms with Crippen molar-refractivity contribution < 1.29 is 9.59 Å². The summed E-state index contributed by atoms with van der Waals surface area (Å²) < 4.78 is 0. The molecule has 2 amide bonds. The van der Waals surface area contributed by atoms with E-state index in [9.17, 15) is 9.59 Å². The summed E-state index contributed by atoms with van der Waals surface area (Å²) in [6, 6.07) is 3.71. The van der Waals surface area contributed by atoms with Gasteiger partial charge in [-0.3, -0.25) is 19.5 Å². The van der Waals surface area contributed by atoms with Crippen LogP contribution in [0.2, 0.25) is 0 Å². The van der Waals surface area contributed by atoms with E-state index >= 15 is 0 Å². The van der Waals surface area contributed by atoms with Gasteiger partial charge in [-0.25, -0.2) is 0 Å². The van der Waals surface area contributed by atoms with E-state index in [1.165, 1.54) is 12.2 Å². The van der Waals surface area contributed by atoms with E-state index in [1.807, 2.05) is 19.1 Å². The molecular weight excluding hydrogens is 216 g/mol. The van der Waals surface area contributed by atoms with Crippen molar-refractivity contribution >= 4 is 11.8 Å². The van der Waals surface area contributed by atoms with Crippen molar-refractivity contribution in [2.45, 2.75) is 6.92 Å². The zero-order valence-corrected chi connectivity index (χ0v) is 9.30. The summed E-state index contributed by atoms with van der Waals surface area (Å²) in [5.74, 6) is 5.00. The lowest BCUT2D eigenvalue weighted by Gasteiger charge is -2.07. The molecular formula is C13H10N2O2. The molecule has 0 spiro atoms. The number of aromatic nitrogens is 1. The summed E-state index contributed by atoms with van der Waals surface area (Å²) >= 11 is 0. The van der Waals surface area contributed by atoms with Crippen LogP contribution in [0.3, 0.4) is 0 Å². The highest BCUT2D eigenvalue weighted by molar-refractivity contribution is 6.13. The number of aryl methyl sites for hydroxylation is 1. The first-order valence-corrected chi connectivity index (χ1v) is 5.12. The second kappa shape index (κ2) is 4.62. The lowest BCUT2D eigenvalue weighted by molar-refractivity contribution is -0.135. The van der Waals surface area contributed by atoms with Crippen molar-refractivity contribution in [1.82, 2.24) is 9.88 Å². The van der Waals surface area contributed by atoms with Crippen LogP contribution in [0.4, 0.5) is 0 Å². The molecule has 1 aromatic heterocycles. The highest BCUT2D eigenvalue weighted by Gasteiger charge is 2.21. The summed E-state index contributed by atoms with van der Waals surface area (Å²) in [5.41, 5.74) is 1.69. The summed E-state index contributed by atoms with van der Waals surface area (Å²) in [4.78, 5) is 27.6. The first kappa shape index (κ1) is 11.1. The third kappa shape index (κ3) is 2.58. The van der Waals surface area contributed by atoms with E-state index in [2.05, 4.69) is 16.8 Å². The number of carbonyl (C=O) groups is 2. The minimum atomic E-state index is -0.314. The van der Waals surface area contributed by atoms with Crippen LogP contribution in [0, 0.1) is 18.8 Å². The zero-order valence-electron chi connectivity index (χ0n) is 9.30. The third-order valence-corrected chi connectivity index (χ3v) is 2.28. The summed E-state index contributed by atoms with van der Waals surface area (Å²) in [6.07, 6.45) is 4.16. The van der Waals surface area contributed by atoms with Gasteiger partial charge in [-0.15, -0.1) is 0 Å². The minimum absolute atomic E-state index is 0.110. The van der Waals surface area contributed by atoms with E-state index in [4.69, 9.17) is 0 Å². The Kier molecular flexibility index (Phi) is 3.01. The number of hydrogen-bond donors (Lipinski definition) is 0. The number of rotatable bonds is 1. The van der Waals surface area contributed by atoms with Crippen LogP contribution in [0.25, 0.3) is 0 Å². The number of amides is 2. The van der Waals surface area contributed by atoms with Gasteiger partial charge in [0.25, 0.3) is 11.8 Å². The predicted molar refractivity (Wildman–Crippen MR) is 61.7 cm³/mol. The van der Waals surface area contributed by atoms with Crippen LogP contribution in [-0.4, -0.2) is 28.2 Å². The topological polar surface area (TPSA) is 50.3 Å². The van der Waals surface area contributed by atoms with Gasteiger partial charge in [-0.05, 0) is 19.1 Å². The van der Waals surface area contributed by atoms with Crippen LogP contribution in [0.5, 0.6) is 0 Å². The van der Waals surface area contributed by atoms with Crippen LogP contribution < -0.4 is 0 Å². The Balaban J connectivity index is 2.01. The quantitative estimate of drug-likeness (QED) is 0.522. The minimum Gasteiger partial charge on any atom is -0.269 e. The highest BCUT2D eigenvalue weighted by atomic mass is 16.2. The Hall–Kier alpha value is -2.41. The molecule has 0 aliphatic carbocycles. The van der Waals surface area contributed by atoms with Gasteiger partial charge in [0, 0.05) is 29.6 Å². The number of pyridine rings is 1. The van der Waals surface area contributed by atoms with Crippen molar-refractivity contribution in [3.05, 3.63) is 41.7 Å². The molecule has 17 heavy (non-hydrogen) atoms. The molecule has 1 aromatic rings. The van der Waals surface area contributed by atoms with Gasteiger partial charge in [-0.1, -0.05) is 11.8 Å². The van der Waals surface area contributed by atoms with Crippen molar-refractivity contribution in [3.63, 3.8) is 0 Å². The van der Waals surface area contributed by atoms with Gasteiger partial charge in [0.2, 0.25) is 0 Å². The fourth-order valence-electron chi connectivity index (χ4n) is 1.35. The number of hydrogen-bond acceptors (Lipinski definition) is 3. The van der Waals surface area contributed by atoms with Crippen molar-refractivity contribution in [2.75, 3.05) is 6.54 Å². The van der Waals surface area contributed by atoms with Gasteiger partial charge < -0.3 is 0 Å². The molecule has 0 bridgehead atoms. The molecule has 1 aliphatic heterocycles. The van der Waals surface area contributed by atoms with Crippen LogP contribution in [0.15, 0.2) is 30.5 Å². The molecule has 0 saturated heterocycles. The average molecular weight is 226 g/mol. The third-order valence-electron chi connectivity index (χ3n) is 2.28. The first-order valence-electron chi connectivity index (χ1n) is 5.12. The molecule has 4 nitrogen and oxygen atoms in total. The standard InChI is InChI=1S/C13H10N2O2/c1-10-4-5-11(9-14-10)3-2-8-15-12(16)6-7-13(15)17/h4-7,9H,8H2,1H3. The van der Waals surface area contributed by atoms with E-state index in [1.54, 1.807) is 6.20 Å². The molecule has 0 aromatic carbocycles. The Labute approximate surface area is 99.0 Å². The fraction of sp³-hybridized carbons (Fsp3) is 0.154. The van der Waals surface area contributed by atoms with Gasteiger partial charge >= 0.3 is 0 Å². The van der Waals surface area contributed by atoms with Crippen molar-refractivity contribution in [2.24, 2.45) is 0 Å². The molecule has 2 heterocycles. The van der Waals surface area contributed by atoms with E-state index in [0.29, 0.717) is 0 Å².